The first kappa shape index (κ1) is 28.8. The van der Waals surface area contributed by atoms with Crippen LogP contribution >= 0.6 is 0 Å². The molecule has 7 aromatic rings. The van der Waals surface area contributed by atoms with Crippen LogP contribution in [0.5, 0.6) is 5.75 Å². The highest BCUT2D eigenvalue weighted by atomic mass is 16.3. The third kappa shape index (κ3) is 5.21. The fraction of sp³-hybridized carbons (Fsp3) is 0.0976. The van der Waals surface area contributed by atoms with Gasteiger partial charge in [0, 0.05) is 23.0 Å². The molecule has 5 aromatic carbocycles. The Balaban J connectivity index is 1.51. The van der Waals surface area contributed by atoms with E-state index in [4.69, 9.17) is 4.98 Å². The molecule has 1 N–H and O–H groups in total. The topological polar surface area (TPSA) is 74.7 Å². The van der Waals surface area contributed by atoms with Crippen LogP contribution in [-0.4, -0.2) is 19.6 Å². The number of phenols is 1. The molecule has 2 heterocycles. The molecule has 0 saturated heterocycles. The van der Waals surface area contributed by atoms with Gasteiger partial charge in [-0.15, -0.1) is 0 Å². The molecule has 0 saturated carbocycles. The monoisotopic (exact) mass is 596 g/mol. The summed E-state index contributed by atoms with van der Waals surface area (Å²) in [5, 5.41) is 21.1. The minimum absolute atomic E-state index is 0.154. The summed E-state index contributed by atoms with van der Waals surface area (Å²) < 4.78 is 2.11. The fourth-order valence-corrected chi connectivity index (χ4v) is 5.96. The molecule has 0 atom stereocenters. The van der Waals surface area contributed by atoms with Crippen LogP contribution in [0.3, 0.4) is 0 Å². The van der Waals surface area contributed by atoms with Gasteiger partial charge in [0.05, 0.1) is 27.9 Å². The Hall–Kier alpha value is -5.99. The number of fused-ring (bicyclic) bond motifs is 1. The molecule has 222 valence electrons. The number of hydrogen-bond acceptors (Lipinski definition) is 4. The van der Waals surface area contributed by atoms with E-state index in [2.05, 4.69) is 91.0 Å². The Kier molecular flexibility index (Phi) is 7.19. The molecule has 5 heteroatoms. The zero-order valence-corrected chi connectivity index (χ0v) is 25.9. The first-order valence-electron chi connectivity index (χ1n) is 15.3. The highest BCUT2D eigenvalue weighted by Gasteiger charge is 2.23. The number of nitriles is 1. The van der Waals surface area contributed by atoms with E-state index in [0.29, 0.717) is 22.6 Å². The SMILES string of the molecule is CC(C)(C)c1cc(-c2ncccc2C#N)cc(-c2cccc3c2nc(-c2cc(-c4ccccc4)ccc2O)n3-c2ccccc2)c1. The second-order valence-corrected chi connectivity index (χ2v) is 12.4. The molecular weight excluding hydrogens is 564 g/mol. The zero-order chi connectivity index (χ0) is 31.8. The van der Waals surface area contributed by atoms with Crippen LogP contribution in [0.15, 0.2) is 134 Å². The van der Waals surface area contributed by atoms with E-state index in [0.717, 1.165) is 50.1 Å². The highest BCUT2D eigenvalue weighted by Crippen LogP contribution is 2.41. The maximum Gasteiger partial charge on any atom is 0.149 e. The lowest BCUT2D eigenvalue weighted by Crippen LogP contribution is -2.11. The van der Waals surface area contributed by atoms with Crippen molar-refractivity contribution in [2.24, 2.45) is 0 Å². The quantitative estimate of drug-likeness (QED) is 0.215. The number of aromatic nitrogens is 3. The Morgan fingerprint density at radius 2 is 1.41 bits per heavy atom. The molecule has 46 heavy (non-hydrogen) atoms. The number of imidazole rings is 1. The average molecular weight is 597 g/mol. The van der Waals surface area contributed by atoms with Crippen molar-refractivity contribution in [3.05, 3.63) is 145 Å². The molecule has 0 amide bonds. The largest absolute Gasteiger partial charge is 0.507 e. The van der Waals surface area contributed by atoms with E-state index in [9.17, 15) is 10.4 Å². The molecule has 0 radical (unpaired) electrons. The average Bonchev–Trinajstić information content (AvgIpc) is 3.48. The van der Waals surface area contributed by atoms with E-state index in [-0.39, 0.29) is 11.2 Å². The van der Waals surface area contributed by atoms with Crippen molar-refractivity contribution in [3.63, 3.8) is 0 Å². The molecule has 0 unspecified atom stereocenters. The zero-order valence-electron chi connectivity index (χ0n) is 25.9. The van der Waals surface area contributed by atoms with Crippen molar-refractivity contribution in [1.82, 2.24) is 14.5 Å². The summed E-state index contributed by atoms with van der Waals surface area (Å²) in [6.07, 6.45) is 1.73. The summed E-state index contributed by atoms with van der Waals surface area (Å²) in [4.78, 5) is 9.90. The number of nitrogens with zero attached hydrogens (tertiary/aromatic N) is 4. The molecule has 0 fully saturated rings. The number of benzene rings is 5. The Morgan fingerprint density at radius 3 is 2.15 bits per heavy atom. The van der Waals surface area contributed by atoms with Crippen LogP contribution in [0.2, 0.25) is 0 Å². The first-order valence-corrected chi connectivity index (χ1v) is 15.3. The molecule has 0 aliphatic carbocycles. The van der Waals surface area contributed by atoms with Crippen molar-refractivity contribution in [2.75, 3.05) is 0 Å². The minimum atomic E-state index is -0.154. The molecule has 0 aliphatic rings. The van der Waals surface area contributed by atoms with Crippen LogP contribution < -0.4 is 0 Å². The van der Waals surface area contributed by atoms with E-state index in [1.165, 1.54) is 0 Å². The van der Waals surface area contributed by atoms with Crippen LogP contribution in [-0.2, 0) is 5.41 Å². The number of hydrogen-bond donors (Lipinski definition) is 1. The van der Waals surface area contributed by atoms with Crippen molar-refractivity contribution in [3.8, 4) is 62.4 Å². The molecule has 0 spiro atoms. The molecule has 0 aliphatic heterocycles. The third-order valence-corrected chi connectivity index (χ3v) is 8.36. The molecule has 2 aromatic heterocycles. The summed E-state index contributed by atoms with van der Waals surface area (Å²) in [6, 6.07) is 44.5. The summed E-state index contributed by atoms with van der Waals surface area (Å²) in [7, 11) is 0. The van der Waals surface area contributed by atoms with Crippen LogP contribution in [0.4, 0.5) is 0 Å². The molecular formula is C41H32N4O. The highest BCUT2D eigenvalue weighted by molar-refractivity contribution is 5.97. The smallest absolute Gasteiger partial charge is 0.149 e. The normalized spacial score (nSPS) is 11.4. The molecule has 5 nitrogen and oxygen atoms in total. The van der Waals surface area contributed by atoms with E-state index in [1.807, 2.05) is 54.6 Å². The summed E-state index contributed by atoms with van der Waals surface area (Å²) in [5.74, 6) is 0.803. The van der Waals surface area contributed by atoms with Gasteiger partial charge in [-0.1, -0.05) is 93.6 Å². The van der Waals surface area contributed by atoms with Gasteiger partial charge in [-0.25, -0.2) is 4.98 Å². The lowest BCUT2D eigenvalue weighted by atomic mass is 9.83. The van der Waals surface area contributed by atoms with Crippen molar-refractivity contribution in [2.45, 2.75) is 26.2 Å². The second-order valence-electron chi connectivity index (χ2n) is 12.4. The lowest BCUT2D eigenvalue weighted by Gasteiger charge is -2.22. The van der Waals surface area contributed by atoms with Crippen molar-refractivity contribution in [1.29, 1.82) is 5.26 Å². The summed E-state index contributed by atoms with van der Waals surface area (Å²) in [6.45, 7) is 6.56. The number of aromatic hydroxyl groups is 1. The predicted octanol–water partition coefficient (Wildman–Crippen LogP) is 9.96. The Bertz CT molecular complexity index is 2260. The predicted molar refractivity (Wildman–Crippen MR) is 186 cm³/mol. The van der Waals surface area contributed by atoms with Crippen LogP contribution in [0, 0.1) is 11.3 Å². The molecule has 7 rings (SSSR count). The van der Waals surface area contributed by atoms with Crippen molar-refractivity contribution < 1.29 is 5.11 Å². The number of phenolic OH excluding ortho intramolecular Hbond substituents is 1. The standard InChI is InChI=1S/C41H32N4O/c1-41(2,3)32-23-30(22-31(24-32)38-29(26-42)14-11-21-43-38)34-17-10-18-36-39(34)44-40(45(36)33-15-8-5-9-16-33)35-25-28(19-20-37(35)46)27-12-6-4-7-13-27/h4-25,46H,1-3H3. The number of rotatable bonds is 5. The minimum Gasteiger partial charge on any atom is -0.507 e. The van der Waals surface area contributed by atoms with Crippen LogP contribution in [0.25, 0.3) is 61.6 Å². The first-order chi connectivity index (χ1) is 22.3. The molecule has 0 bridgehead atoms. The van der Waals surface area contributed by atoms with Crippen LogP contribution in [0.1, 0.15) is 31.9 Å². The Labute approximate surface area is 268 Å². The summed E-state index contributed by atoms with van der Waals surface area (Å²) in [5.41, 5.74) is 10.3. The van der Waals surface area contributed by atoms with Gasteiger partial charge in [0.25, 0.3) is 0 Å². The van der Waals surface area contributed by atoms with Gasteiger partial charge in [0.2, 0.25) is 0 Å². The maximum atomic E-state index is 11.3. The Morgan fingerprint density at radius 1 is 0.674 bits per heavy atom. The number of para-hydroxylation sites is 2. The number of pyridine rings is 1. The van der Waals surface area contributed by atoms with E-state index < -0.39 is 0 Å². The van der Waals surface area contributed by atoms with Gasteiger partial charge in [-0.2, -0.15) is 5.26 Å². The van der Waals surface area contributed by atoms with Gasteiger partial charge < -0.3 is 5.11 Å². The van der Waals surface area contributed by atoms with E-state index >= 15 is 0 Å². The van der Waals surface area contributed by atoms with Gasteiger partial charge in [0.15, 0.2) is 0 Å². The van der Waals surface area contributed by atoms with Gasteiger partial charge in [-0.05, 0) is 82.3 Å². The maximum absolute atomic E-state index is 11.3. The van der Waals surface area contributed by atoms with Gasteiger partial charge >= 0.3 is 0 Å². The van der Waals surface area contributed by atoms with Crippen molar-refractivity contribution >= 4 is 11.0 Å². The van der Waals surface area contributed by atoms with E-state index in [1.54, 1.807) is 24.4 Å². The van der Waals surface area contributed by atoms with Gasteiger partial charge in [0.1, 0.15) is 17.6 Å². The van der Waals surface area contributed by atoms with Gasteiger partial charge in [-0.3, -0.25) is 9.55 Å². The lowest BCUT2D eigenvalue weighted by molar-refractivity contribution is 0.477. The second kappa shape index (κ2) is 11.5. The fourth-order valence-electron chi connectivity index (χ4n) is 5.96. The third-order valence-electron chi connectivity index (χ3n) is 8.36. The summed E-state index contributed by atoms with van der Waals surface area (Å²) >= 11 is 0.